The summed E-state index contributed by atoms with van der Waals surface area (Å²) < 4.78 is 5.06. The summed E-state index contributed by atoms with van der Waals surface area (Å²) in [6.45, 7) is 0. The highest BCUT2D eigenvalue weighted by Gasteiger charge is 2.07. The first-order valence-corrected chi connectivity index (χ1v) is 5.83. The Labute approximate surface area is 106 Å². The number of nitrogens with zero attached hydrogens (tertiary/aromatic N) is 1. The monoisotopic (exact) mass is 257 g/mol. The molecule has 0 radical (unpaired) electrons. The summed E-state index contributed by atoms with van der Waals surface area (Å²) >= 11 is 12.1. The fourth-order valence-corrected chi connectivity index (χ4v) is 1.95. The number of ether oxygens (including phenoxy) is 1. The molecule has 0 fully saturated rings. The molecule has 0 atom stereocenters. The Balaban J connectivity index is 2.67. The summed E-state index contributed by atoms with van der Waals surface area (Å²) in [7, 11) is 1.56. The van der Waals surface area contributed by atoms with Crippen molar-refractivity contribution in [3.8, 4) is 11.8 Å². The van der Waals surface area contributed by atoms with Gasteiger partial charge in [0, 0.05) is 17.5 Å². The second-order valence-electron chi connectivity index (χ2n) is 3.44. The predicted octanol–water partition coefficient (Wildman–Crippen LogP) is 4.24. The van der Waals surface area contributed by atoms with Gasteiger partial charge in [-0.3, -0.25) is 0 Å². The Morgan fingerprint density at radius 1 is 1.25 bits per heavy atom. The summed E-state index contributed by atoms with van der Waals surface area (Å²) in [6, 6.07) is 5.67. The molecule has 16 heavy (non-hydrogen) atoms. The van der Waals surface area contributed by atoms with Crippen LogP contribution < -0.4 is 4.74 Å². The van der Waals surface area contributed by atoms with Gasteiger partial charge in [-0.1, -0.05) is 23.2 Å². The van der Waals surface area contributed by atoms with E-state index in [1.165, 1.54) is 0 Å². The molecule has 0 aliphatic carbocycles. The average Bonchev–Trinajstić information content (AvgIpc) is 2.28. The number of rotatable bonds is 5. The van der Waals surface area contributed by atoms with Gasteiger partial charge in [-0.2, -0.15) is 5.26 Å². The average molecular weight is 258 g/mol. The van der Waals surface area contributed by atoms with Crippen LogP contribution in [0.25, 0.3) is 0 Å². The molecular formula is C12H13Cl2NO. The third-order valence-electron chi connectivity index (χ3n) is 2.31. The zero-order valence-electron chi connectivity index (χ0n) is 9.09. The molecule has 1 aromatic rings. The highest BCUT2D eigenvalue weighted by molar-refractivity contribution is 6.34. The number of hydrogen-bond donors (Lipinski definition) is 0. The van der Waals surface area contributed by atoms with E-state index in [-0.39, 0.29) is 0 Å². The summed E-state index contributed by atoms with van der Waals surface area (Å²) in [5.41, 5.74) is 1.01. The zero-order valence-corrected chi connectivity index (χ0v) is 10.6. The van der Waals surface area contributed by atoms with Crippen molar-refractivity contribution >= 4 is 23.2 Å². The maximum absolute atomic E-state index is 8.42. The van der Waals surface area contributed by atoms with Crippen LogP contribution >= 0.6 is 23.2 Å². The number of nitriles is 1. The molecule has 2 nitrogen and oxygen atoms in total. The van der Waals surface area contributed by atoms with Crippen LogP contribution in [-0.4, -0.2) is 7.11 Å². The van der Waals surface area contributed by atoms with Crippen LogP contribution in [0.2, 0.25) is 10.0 Å². The fourth-order valence-electron chi connectivity index (χ4n) is 1.44. The molecule has 1 aromatic carbocycles. The van der Waals surface area contributed by atoms with E-state index >= 15 is 0 Å². The van der Waals surface area contributed by atoms with Crippen LogP contribution in [0.4, 0.5) is 0 Å². The van der Waals surface area contributed by atoms with Crippen LogP contribution in [0.3, 0.4) is 0 Å². The molecule has 0 aliphatic rings. The lowest BCUT2D eigenvalue weighted by atomic mass is 10.1. The van der Waals surface area contributed by atoms with Gasteiger partial charge < -0.3 is 4.74 Å². The Kier molecular flexibility index (Phi) is 5.45. The molecule has 86 valence electrons. The lowest BCUT2D eigenvalue weighted by Gasteiger charge is -2.08. The molecule has 0 heterocycles. The number of aryl methyl sites for hydroxylation is 1. The van der Waals surface area contributed by atoms with Crippen molar-refractivity contribution in [3.05, 3.63) is 27.7 Å². The van der Waals surface area contributed by atoms with E-state index in [0.717, 1.165) is 24.8 Å². The van der Waals surface area contributed by atoms with E-state index in [0.29, 0.717) is 22.2 Å². The first-order chi connectivity index (χ1) is 7.69. The summed E-state index contributed by atoms with van der Waals surface area (Å²) in [4.78, 5) is 0. The Morgan fingerprint density at radius 3 is 2.62 bits per heavy atom. The summed E-state index contributed by atoms with van der Waals surface area (Å²) in [6.07, 6.45) is 3.25. The van der Waals surface area contributed by atoms with Crippen LogP contribution in [0, 0.1) is 11.3 Å². The summed E-state index contributed by atoms with van der Waals surface area (Å²) in [5.74, 6) is 0.590. The van der Waals surface area contributed by atoms with Crippen LogP contribution in [0.1, 0.15) is 24.8 Å². The minimum atomic E-state index is 0.571. The largest absolute Gasteiger partial charge is 0.495 e. The predicted molar refractivity (Wildman–Crippen MR) is 66.2 cm³/mol. The van der Waals surface area contributed by atoms with Gasteiger partial charge in [0.15, 0.2) is 0 Å². The van der Waals surface area contributed by atoms with E-state index in [1.54, 1.807) is 13.2 Å². The molecule has 0 saturated heterocycles. The second-order valence-corrected chi connectivity index (χ2v) is 4.26. The third-order valence-corrected chi connectivity index (χ3v) is 2.95. The van der Waals surface area contributed by atoms with Gasteiger partial charge in [-0.15, -0.1) is 0 Å². The number of benzene rings is 1. The van der Waals surface area contributed by atoms with Gasteiger partial charge in [0.2, 0.25) is 0 Å². The van der Waals surface area contributed by atoms with Crippen LogP contribution in [-0.2, 0) is 6.42 Å². The van der Waals surface area contributed by atoms with E-state index in [1.807, 2.05) is 6.07 Å². The van der Waals surface area contributed by atoms with Gasteiger partial charge in [0.25, 0.3) is 0 Å². The molecule has 0 unspecified atom stereocenters. The van der Waals surface area contributed by atoms with Crippen molar-refractivity contribution in [3.63, 3.8) is 0 Å². The minimum absolute atomic E-state index is 0.571. The first kappa shape index (κ1) is 13.2. The van der Waals surface area contributed by atoms with E-state index in [9.17, 15) is 0 Å². The number of unbranched alkanes of at least 4 members (excludes halogenated alkanes) is 2. The van der Waals surface area contributed by atoms with Crippen molar-refractivity contribution in [2.45, 2.75) is 25.7 Å². The van der Waals surface area contributed by atoms with Gasteiger partial charge in [0.05, 0.1) is 18.2 Å². The van der Waals surface area contributed by atoms with Crippen molar-refractivity contribution in [1.29, 1.82) is 5.26 Å². The minimum Gasteiger partial charge on any atom is -0.495 e. The highest BCUT2D eigenvalue weighted by Crippen LogP contribution is 2.31. The van der Waals surface area contributed by atoms with Gasteiger partial charge in [-0.05, 0) is 30.9 Å². The standard InChI is InChI=1S/C12H13Cl2NO/c1-16-12-8-10(13)9(7-11(12)14)5-3-2-4-6-15/h7-8H,2-5H2,1H3. The first-order valence-electron chi connectivity index (χ1n) is 5.08. The molecule has 0 aromatic heterocycles. The molecule has 0 bridgehead atoms. The summed E-state index contributed by atoms with van der Waals surface area (Å²) in [5, 5.41) is 9.65. The van der Waals surface area contributed by atoms with Crippen molar-refractivity contribution in [2.75, 3.05) is 7.11 Å². The van der Waals surface area contributed by atoms with Gasteiger partial charge >= 0.3 is 0 Å². The normalized spacial score (nSPS) is 9.88. The van der Waals surface area contributed by atoms with E-state index in [2.05, 4.69) is 6.07 Å². The second kappa shape index (κ2) is 6.62. The van der Waals surface area contributed by atoms with Crippen molar-refractivity contribution < 1.29 is 4.74 Å². The van der Waals surface area contributed by atoms with Crippen LogP contribution in [0.15, 0.2) is 12.1 Å². The Morgan fingerprint density at radius 2 is 2.00 bits per heavy atom. The molecular weight excluding hydrogens is 245 g/mol. The molecule has 1 rings (SSSR count). The van der Waals surface area contributed by atoms with E-state index in [4.69, 9.17) is 33.2 Å². The molecule has 0 N–H and O–H groups in total. The molecule has 0 aliphatic heterocycles. The van der Waals surface area contributed by atoms with Crippen molar-refractivity contribution in [1.82, 2.24) is 0 Å². The smallest absolute Gasteiger partial charge is 0.138 e. The highest BCUT2D eigenvalue weighted by atomic mass is 35.5. The lowest BCUT2D eigenvalue weighted by Crippen LogP contribution is -1.91. The quantitative estimate of drug-likeness (QED) is 0.740. The van der Waals surface area contributed by atoms with E-state index < -0.39 is 0 Å². The molecule has 0 spiro atoms. The maximum Gasteiger partial charge on any atom is 0.138 e. The third kappa shape index (κ3) is 3.59. The fraction of sp³-hybridized carbons (Fsp3) is 0.417. The maximum atomic E-state index is 8.42. The number of hydrogen-bond acceptors (Lipinski definition) is 2. The molecule has 4 heteroatoms. The SMILES string of the molecule is COc1cc(Cl)c(CCCCC#N)cc1Cl. The Bertz CT molecular complexity index is 399. The lowest BCUT2D eigenvalue weighted by molar-refractivity contribution is 0.415. The number of methoxy groups -OCH3 is 1. The van der Waals surface area contributed by atoms with Crippen molar-refractivity contribution in [2.24, 2.45) is 0 Å². The zero-order chi connectivity index (χ0) is 12.0. The van der Waals surface area contributed by atoms with Gasteiger partial charge in [0.1, 0.15) is 5.75 Å². The van der Waals surface area contributed by atoms with Crippen LogP contribution in [0.5, 0.6) is 5.75 Å². The van der Waals surface area contributed by atoms with Gasteiger partial charge in [-0.25, -0.2) is 0 Å². The molecule has 0 amide bonds. The molecule has 0 saturated carbocycles. The Hall–Kier alpha value is -0.910. The number of halogens is 2. The topological polar surface area (TPSA) is 33.0 Å².